The lowest BCUT2D eigenvalue weighted by Crippen LogP contribution is -2.30. The minimum Gasteiger partial charge on any atom is -0.311 e. The van der Waals surface area contributed by atoms with Crippen LogP contribution in [0.4, 0.5) is 11.4 Å². The van der Waals surface area contributed by atoms with Gasteiger partial charge in [0, 0.05) is 36.5 Å². The normalized spacial score (nSPS) is 12.8. The Bertz CT molecular complexity index is 1140. The number of aromatic nitrogens is 3. The number of rotatable bonds is 7. The molecule has 1 aliphatic rings. The second kappa shape index (κ2) is 8.89. The first-order valence-electron chi connectivity index (χ1n) is 10.2. The second-order valence-corrected chi connectivity index (χ2v) is 8.42. The van der Waals surface area contributed by atoms with Crippen LogP contribution in [-0.2, 0) is 17.8 Å². The van der Waals surface area contributed by atoms with Crippen molar-refractivity contribution in [3.8, 4) is 11.4 Å². The molecule has 4 rings (SSSR count). The number of nitro groups is 1. The molecule has 2 heterocycles. The van der Waals surface area contributed by atoms with Gasteiger partial charge < -0.3 is 9.47 Å². The highest BCUT2D eigenvalue weighted by Crippen LogP contribution is 2.32. The molecule has 1 aromatic heterocycles. The van der Waals surface area contributed by atoms with E-state index in [1.165, 1.54) is 17.8 Å². The zero-order valence-corrected chi connectivity index (χ0v) is 18.3. The van der Waals surface area contributed by atoms with Gasteiger partial charge in [-0.3, -0.25) is 14.9 Å². The monoisotopic (exact) mass is 437 g/mol. The Kier molecular flexibility index (Phi) is 6.03. The fraction of sp³-hybridized carbons (Fsp3) is 0.318. The lowest BCUT2D eigenvalue weighted by Gasteiger charge is -2.17. The highest BCUT2D eigenvalue weighted by Gasteiger charge is 2.27. The molecule has 3 aromatic rings. The van der Waals surface area contributed by atoms with Gasteiger partial charge >= 0.3 is 0 Å². The van der Waals surface area contributed by atoms with E-state index < -0.39 is 4.92 Å². The lowest BCUT2D eigenvalue weighted by atomic mass is 10.1. The summed E-state index contributed by atoms with van der Waals surface area (Å²) in [6, 6.07) is 12.8. The molecule has 0 atom stereocenters. The predicted molar refractivity (Wildman–Crippen MR) is 120 cm³/mol. The van der Waals surface area contributed by atoms with E-state index in [1.54, 1.807) is 17.0 Å². The third kappa shape index (κ3) is 4.32. The highest BCUT2D eigenvalue weighted by molar-refractivity contribution is 7.99. The van der Waals surface area contributed by atoms with Gasteiger partial charge in [0.25, 0.3) is 5.69 Å². The van der Waals surface area contributed by atoms with Gasteiger partial charge in [-0.25, -0.2) is 0 Å². The van der Waals surface area contributed by atoms with Crippen molar-refractivity contribution < 1.29 is 9.72 Å². The van der Waals surface area contributed by atoms with Crippen LogP contribution in [0.2, 0.25) is 0 Å². The molecule has 0 spiro atoms. The maximum absolute atomic E-state index is 12.9. The molecule has 0 N–H and O–H groups in total. The van der Waals surface area contributed by atoms with Crippen LogP contribution in [0.3, 0.4) is 0 Å². The molecular formula is C22H23N5O3S. The van der Waals surface area contributed by atoms with Gasteiger partial charge in [0.2, 0.25) is 5.91 Å². The third-order valence-electron chi connectivity index (χ3n) is 5.24. The molecule has 9 heteroatoms. The standard InChI is InChI=1S/C22H23N5O3S/c1-3-10-26-21(17-6-4-5-15(2)12-17)23-24-22(26)31-14-20(28)25-11-9-16-13-18(27(29)30)7-8-19(16)25/h4-8,12-13H,3,9-11,14H2,1-2H3. The van der Waals surface area contributed by atoms with E-state index in [2.05, 4.69) is 27.8 Å². The number of aryl methyl sites for hydroxylation is 1. The molecule has 0 unspecified atom stereocenters. The van der Waals surface area contributed by atoms with E-state index in [0.29, 0.717) is 13.0 Å². The number of non-ortho nitro benzene ring substituents is 1. The summed E-state index contributed by atoms with van der Waals surface area (Å²) in [6.45, 7) is 5.44. The molecule has 0 saturated carbocycles. The Labute approximate surface area is 184 Å². The van der Waals surface area contributed by atoms with Gasteiger partial charge in [0.15, 0.2) is 11.0 Å². The van der Waals surface area contributed by atoms with Crippen LogP contribution in [0.15, 0.2) is 47.6 Å². The van der Waals surface area contributed by atoms with E-state index in [-0.39, 0.29) is 17.3 Å². The number of hydrogen-bond acceptors (Lipinski definition) is 6. The van der Waals surface area contributed by atoms with Crippen molar-refractivity contribution in [1.29, 1.82) is 0 Å². The number of fused-ring (bicyclic) bond motifs is 1. The fourth-order valence-electron chi connectivity index (χ4n) is 3.78. The molecule has 160 valence electrons. The van der Waals surface area contributed by atoms with E-state index in [1.807, 2.05) is 25.1 Å². The molecule has 2 aromatic carbocycles. The number of carbonyl (C=O) groups is 1. The number of nitro benzene ring substituents is 1. The minimum absolute atomic E-state index is 0.0410. The van der Waals surface area contributed by atoms with E-state index in [4.69, 9.17) is 0 Å². The molecule has 31 heavy (non-hydrogen) atoms. The SMILES string of the molecule is CCCn1c(SCC(=O)N2CCc3cc([N+](=O)[O-])ccc32)nnc1-c1cccc(C)c1. The zero-order valence-electron chi connectivity index (χ0n) is 17.4. The summed E-state index contributed by atoms with van der Waals surface area (Å²) in [5.41, 5.74) is 3.81. The van der Waals surface area contributed by atoms with Crippen molar-refractivity contribution in [3.63, 3.8) is 0 Å². The Balaban J connectivity index is 1.50. The molecule has 0 aliphatic carbocycles. The number of benzene rings is 2. The van der Waals surface area contributed by atoms with Crippen molar-refractivity contribution in [1.82, 2.24) is 14.8 Å². The number of hydrogen-bond donors (Lipinski definition) is 0. The number of amides is 1. The number of nitrogens with zero attached hydrogens (tertiary/aromatic N) is 5. The van der Waals surface area contributed by atoms with Gasteiger partial charge in [0.1, 0.15) is 0 Å². The molecule has 1 amide bonds. The minimum atomic E-state index is -0.410. The Hall–Kier alpha value is -3.20. The van der Waals surface area contributed by atoms with Gasteiger partial charge in [-0.15, -0.1) is 10.2 Å². The molecule has 0 bridgehead atoms. The van der Waals surface area contributed by atoms with Crippen molar-refractivity contribution in [2.24, 2.45) is 0 Å². The maximum atomic E-state index is 12.9. The van der Waals surface area contributed by atoms with Gasteiger partial charge in [-0.1, -0.05) is 42.4 Å². The van der Waals surface area contributed by atoms with E-state index in [9.17, 15) is 14.9 Å². The van der Waals surface area contributed by atoms with Crippen LogP contribution < -0.4 is 4.90 Å². The predicted octanol–water partition coefficient (Wildman–Crippen LogP) is 4.25. The summed E-state index contributed by atoms with van der Waals surface area (Å²) >= 11 is 1.37. The van der Waals surface area contributed by atoms with Crippen molar-refractivity contribution in [2.75, 3.05) is 17.2 Å². The Morgan fingerprint density at radius 1 is 1.23 bits per heavy atom. The van der Waals surface area contributed by atoms with Gasteiger partial charge in [-0.05, 0) is 37.5 Å². The van der Waals surface area contributed by atoms with Crippen LogP contribution in [0.5, 0.6) is 0 Å². The van der Waals surface area contributed by atoms with E-state index >= 15 is 0 Å². The van der Waals surface area contributed by atoms with Gasteiger partial charge in [0.05, 0.1) is 10.7 Å². The first-order chi connectivity index (χ1) is 15.0. The Morgan fingerprint density at radius 2 is 2.06 bits per heavy atom. The summed E-state index contributed by atoms with van der Waals surface area (Å²) in [5.74, 6) is 0.992. The second-order valence-electron chi connectivity index (χ2n) is 7.48. The van der Waals surface area contributed by atoms with Crippen LogP contribution in [0, 0.1) is 17.0 Å². The number of carbonyl (C=O) groups excluding carboxylic acids is 1. The summed E-state index contributed by atoms with van der Waals surface area (Å²) in [4.78, 5) is 25.2. The van der Waals surface area contributed by atoms with Gasteiger partial charge in [-0.2, -0.15) is 0 Å². The quantitative estimate of drug-likeness (QED) is 0.312. The van der Waals surface area contributed by atoms with E-state index in [0.717, 1.165) is 46.3 Å². The van der Waals surface area contributed by atoms with Crippen LogP contribution in [0.1, 0.15) is 24.5 Å². The Morgan fingerprint density at radius 3 is 2.81 bits per heavy atom. The van der Waals surface area contributed by atoms with Crippen molar-refractivity contribution in [3.05, 3.63) is 63.7 Å². The summed E-state index contributed by atoms with van der Waals surface area (Å²) < 4.78 is 2.06. The maximum Gasteiger partial charge on any atom is 0.269 e. The molecule has 0 radical (unpaired) electrons. The molecular weight excluding hydrogens is 414 g/mol. The smallest absolute Gasteiger partial charge is 0.269 e. The van der Waals surface area contributed by atoms with Crippen LogP contribution >= 0.6 is 11.8 Å². The molecule has 1 aliphatic heterocycles. The summed E-state index contributed by atoms with van der Waals surface area (Å²) in [7, 11) is 0. The fourth-order valence-corrected chi connectivity index (χ4v) is 4.62. The topological polar surface area (TPSA) is 94.2 Å². The highest BCUT2D eigenvalue weighted by atomic mass is 32.2. The number of anilines is 1. The first kappa shape index (κ1) is 21.0. The summed E-state index contributed by atoms with van der Waals surface area (Å²) in [5, 5.41) is 20.4. The molecule has 8 nitrogen and oxygen atoms in total. The van der Waals surface area contributed by atoms with Crippen LogP contribution in [0.25, 0.3) is 11.4 Å². The van der Waals surface area contributed by atoms with Crippen molar-refractivity contribution in [2.45, 2.75) is 38.4 Å². The average Bonchev–Trinajstić information content (AvgIpc) is 3.36. The average molecular weight is 438 g/mol. The largest absolute Gasteiger partial charge is 0.311 e. The summed E-state index contributed by atoms with van der Waals surface area (Å²) in [6.07, 6.45) is 1.55. The van der Waals surface area contributed by atoms with Crippen LogP contribution in [-0.4, -0.2) is 37.9 Å². The first-order valence-corrected chi connectivity index (χ1v) is 11.2. The van der Waals surface area contributed by atoms with Crippen molar-refractivity contribution >= 4 is 29.0 Å². The number of thioether (sulfide) groups is 1. The lowest BCUT2D eigenvalue weighted by molar-refractivity contribution is -0.384. The third-order valence-corrected chi connectivity index (χ3v) is 6.19. The molecule has 0 fully saturated rings. The zero-order chi connectivity index (χ0) is 22.0. The molecule has 0 saturated heterocycles.